The van der Waals surface area contributed by atoms with E-state index in [1.807, 2.05) is 0 Å². The minimum atomic E-state index is -0.392. The molecular formula is C14H16N4O2. The molecule has 0 atom stereocenters. The number of hydrogen-bond acceptors (Lipinski definition) is 6. The maximum absolute atomic E-state index is 6.21. The number of nitrogens with two attached hydrogens (primary N) is 1. The molecule has 1 saturated carbocycles. The molecule has 104 valence electrons. The normalized spacial score (nSPS) is 20.2. The van der Waals surface area contributed by atoms with Crippen LogP contribution in [0.5, 0.6) is 0 Å². The van der Waals surface area contributed by atoms with Crippen molar-refractivity contribution >= 4 is 0 Å². The number of nitrogens with zero attached hydrogens (tertiary/aromatic N) is 3. The molecule has 0 unspecified atom stereocenters. The Kier molecular flexibility index (Phi) is 2.61. The summed E-state index contributed by atoms with van der Waals surface area (Å²) in [5.41, 5.74) is 8.86. The third-order valence-corrected chi connectivity index (χ3v) is 4.18. The van der Waals surface area contributed by atoms with Gasteiger partial charge in [0.25, 0.3) is 5.89 Å². The molecule has 2 aliphatic rings. The molecule has 4 rings (SSSR count). The van der Waals surface area contributed by atoms with Gasteiger partial charge in [-0.1, -0.05) is 5.16 Å². The molecule has 1 aliphatic heterocycles. The minimum absolute atomic E-state index is 0.392. The highest BCUT2D eigenvalue weighted by Crippen LogP contribution is 2.37. The van der Waals surface area contributed by atoms with E-state index in [-0.39, 0.29) is 0 Å². The first kappa shape index (κ1) is 12.0. The summed E-state index contributed by atoms with van der Waals surface area (Å²) in [4.78, 5) is 8.87. The lowest BCUT2D eigenvalue weighted by Gasteiger charge is -2.34. The van der Waals surface area contributed by atoms with Crippen LogP contribution in [0.1, 0.15) is 36.3 Å². The van der Waals surface area contributed by atoms with Gasteiger partial charge in [0.1, 0.15) is 0 Å². The van der Waals surface area contributed by atoms with Crippen molar-refractivity contribution in [2.75, 3.05) is 6.61 Å². The molecule has 0 aromatic carbocycles. The van der Waals surface area contributed by atoms with Gasteiger partial charge in [0.15, 0.2) is 5.82 Å². The lowest BCUT2D eigenvalue weighted by Crippen LogP contribution is -2.44. The molecule has 2 aromatic rings. The second kappa shape index (κ2) is 4.36. The van der Waals surface area contributed by atoms with Crippen LogP contribution < -0.4 is 5.73 Å². The molecule has 0 spiro atoms. The van der Waals surface area contributed by atoms with E-state index < -0.39 is 5.54 Å². The van der Waals surface area contributed by atoms with Crippen LogP contribution in [-0.2, 0) is 23.3 Å². The van der Waals surface area contributed by atoms with Crippen molar-refractivity contribution in [2.24, 2.45) is 5.73 Å². The van der Waals surface area contributed by atoms with Gasteiger partial charge in [0.2, 0.25) is 0 Å². The van der Waals surface area contributed by atoms with Gasteiger partial charge in [-0.3, -0.25) is 4.98 Å². The Morgan fingerprint density at radius 3 is 3.00 bits per heavy atom. The second-order valence-corrected chi connectivity index (χ2v) is 5.57. The summed E-state index contributed by atoms with van der Waals surface area (Å²) in [6, 6.07) is 2.06. The SMILES string of the molecule is NC1(c2noc(-c3cnc4c(c3)CCOC4)n2)CCC1. The van der Waals surface area contributed by atoms with Gasteiger partial charge in [0, 0.05) is 6.20 Å². The minimum Gasteiger partial charge on any atom is -0.375 e. The van der Waals surface area contributed by atoms with Crippen LogP contribution in [0, 0.1) is 0 Å². The summed E-state index contributed by atoms with van der Waals surface area (Å²) < 4.78 is 10.7. The number of ether oxygens (including phenoxy) is 1. The summed E-state index contributed by atoms with van der Waals surface area (Å²) in [5.74, 6) is 1.11. The van der Waals surface area contributed by atoms with Crippen LogP contribution in [0.3, 0.4) is 0 Å². The molecule has 0 radical (unpaired) electrons. The van der Waals surface area contributed by atoms with E-state index in [0.717, 1.165) is 43.5 Å². The fourth-order valence-corrected chi connectivity index (χ4v) is 2.68. The van der Waals surface area contributed by atoms with Gasteiger partial charge < -0.3 is 15.0 Å². The zero-order valence-corrected chi connectivity index (χ0v) is 11.1. The average molecular weight is 272 g/mol. The molecule has 0 saturated heterocycles. The van der Waals surface area contributed by atoms with Gasteiger partial charge in [-0.05, 0) is 37.3 Å². The molecule has 2 N–H and O–H groups in total. The largest absolute Gasteiger partial charge is 0.375 e. The topological polar surface area (TPSA) is 87.1 Å². The summed E-state index contributed by atoms with van der Waals surface area (Å²) in [7, 11) is 0. The van der Waals surface area contributed by atoms with E-state index in [2.05, 4.69) is 21.2 Å². The third kappa shape index (κ3) is 1.83. The Balaban J connectivity index is 1.67. The molecular weight excluding hydrogens is 256 g/mol. The van der Waals surface area contributed by atoms with Crippen LogP contribution in [0.4, 0.5) is 0 Å². The molecule has 1 aliphatic carbocycles. The monoisotopic (exact) mass is 272 g/mol. The van der Waals surface area contributed by atoms with Crippen LogP contribution in [0.15, 0.2) is 16.8 Å². The highest BCUT2D eigenvalue weighted by atomic mass is 16.5. The molecule has 6 heteroatoms. The van der Waals surface area contributed by atoms with Gasteiger partial charge in [-0.25, -0.2) is 0 Å². The summed E-state index contributed by atoms with van der Waals surface area (Å²) in [6.45, 7) is 1.32. The molecule has 0 bridgehead atoms. The van der Waals surface area contributed by atoms with Gasteiger partial charge in [-0.2, -0.15) is 4.98 Å². The van der Waals surface area contributed by atoms with Crippen molar-refractivity contribution in [3.63, 3.8) is 0 Å². The predicted octanol–water partition coefficient (Wildman–Crippen LogP) is 1.54. The Hall–Kier alpha value is -1.79. The Bertz CT molecular complexity index is 648. The lowest BCUT2D eigenvalue weighted by molar-refractivity contribution is 0.107. The molecule has 3 heterocycles. The van der Waals surface area contributed by atoms with Gasteiger partial charge in [-0.15, -0.1) is 0 Å². The van der Waals surface area contributed by atoms with Crippen molar-refractivity contribution in [1.29, 1.82) is 0 Å². The molecule has 0 amide bonds. The van der Waals surface area contributed by atoms with Crippen LogP contribution in [-0.4, -0.2) is 21.7 Å². The Morgan fingerprint density at radius 1 is 1.30 bits per heavy atom. The Labute approximate surface area is 116 Å². The van der Waals surface area contributed by atoms with Crippen molar-refractivity contribution < 1.29 is 9.26 Å². The molecule has 2 aromatic heterocycles. The number of pyridine rings is 1. The summed E-state index contributed by atoms with van der Waals surface area (Å²) in [6.07, 6.45) is 5.60. The number of hydrogen-bond donors (Lipinski definition) is 1. The molecule has 1 fully saturated rings. The van der Waals surface area contributed by atoms with E-state index in [0.29, 0.717) is 18.3 Å². The first-order chi connectivity index (χ1) is 9.74. The van der Waals surface area contributed by atoms with Crippen LogP contribution in [0.2, 0.25) is 0 Å². The standard InChI is InChI=1S/C14H16N4O2/c15-14(3-1-4-14)13-17-12(20-18-13)10-6-9-2-5-19-8-11(9)16-7-10/h6-7H,1-5,8,15H2. The quantitative estimate of drug-likeness (QED) is 0.892. The van der Waals surface area contributed by atoms with Gasteiger partial charge in [0.05, 0.1) is 30.0 Å². The van der Waals surface area contributed by atoms with Crippen LogP contribution >= 0.6 is 0 Å². The first-order valence-corrected chi connectivity index (χ1v) is 6.94. The first-order valence-electron chi connectivity index (χ1n) is 6.94. The van der Waals surface area contributed by atoms with Crippen molar-refractivity contribution in [1.82, 2.24) is 15.1 Å². The Morgan fingerprint density at radius 2 is 2.20 bits per heavy atom. The fraction of sp³-hybridized carbons (Fsp3) is 0.500. The molecule has 6 nitrogen and oxygen atoms in total. The molecule has 20 heavy (non-hydrogen) atoms. The second-order valence-electron chi connectivity index (χ2n) is 5.57. The van der Waals surface area contributed by atoms with Crippen molar-refractivity contribution in [2.45, 2.75) is 37.8 Å². The number of aromatic nitrogens is 3. The van der Waals surface area contributed by atoms with Crippen molar-refractivity contribution in [3.8, 4) is 11.5 Å². The van der Waals surface area contributed by atoms with Gasteiger partial charge >= 0.3 is 0 Å². The maximum Gasteiger partial charge on any atom is 0.259 e. The van der Waals surface area contributed by atoms with E-state index >= 15 is 0 Å². The fourth-order valence-electron chi connectivity index (χ4n) is 2.68. The maximum atomic E-state index is 6.21. The van der Waals surface area contributed by atoms with E-state index in [9.17, 15) is 0 Å². The smallest absolute Gasteiger partial charge is 0.259 e. The number of fused-ring (bicyclic) bond motifs is 1. The lowest BCUT2D eigenvalue weighted by atomic mass is 9.77. The predicted molar refractivity (Wildman–Crippen MR) is 70.6 cm³/mol. The number of rotatable bonds is 2. The average Bonchev–Trinajstić information content (AvgIpc) is 2.94. The van der Waals surface area contributed by atoms with Crippen molar-refractivity contribution in [3.05, 3.63) is 29.3 Å². The highest BCUT2D eigenvalue weighted by molar-refractivity contribution is 5.53. The third-order valence-electron chi connectivity index (χ3n) is 4.18. The van der Waals surface area contributed by atoms with E-state index in [1.54, 1.807) is 6.20 Å². The zero-order valence-electron chi connectivity index (χ0n) is 11.1. The summed E-state index contributed by atoms with van der Waals surface area (Å²) in [5, 5.41) is 4.03. The summed E-state index contributed by atoms with van der Waals surface area (Å²) >= 11 is 0. The van der Waals surface area contributed by atoms with E-state index in [4.69, 9.17) is 15.0 Å². The highest BCUT2D eigenvalue weighted by Gasteiger charge is 2.39. The van der Waals surface area contributed by atoms with E-state index in [1.165, 1.54) is 5.56 Å². The van der Waals surface area contributed by atoms with Crippen LogP contribution in [0.25, 0.3) is 11.5 Å². The zero-order chi connectivity index (χ0) is 13.6.